The molecule has 0 amide bonds. The van der Waals surface area contributed by atoms with Crippen LogP contribution >= 0.6 is 35.6 Å². The van der Waals surface area contributed by atoms with Crippen LogP contribution in [0.4, 0.5) is 8.78 Å². The number of alkyl halides is 2. The average Bonchev–Trinajstić information content (AvgIpc) is 2.69. The molecule has 0 fully saturated rings. The molecule has 0 radical (unpaired) electrons. The van der Waals surface area contributed by atoms with Crippen LogP contribution < -0.4 is 24.8 Å². The van der Waals surface area contributed by atoms with E-state index in [0.29, 0.717) is 34.6 Å². The first-order chi connectivity index (χ1) is 13.5. The van der Waals surface area contributed by atoms with Gasteiger partial charge in [0.2, 0.25) is 0 Å². The lowest BCUT2D eigenvalue weighted by Crippen LogP contribution is -2.36. The van der Waals surface area contributed by atoms with Crippen LogP contribution in [0.2, 0.25) is 5.02 Å². The molecule has 0 saturated carbocycles. The monoisotopic (exact) mass is 541 g/mol. The summed E-state index contributed by atoms with van der Waals surface area (Å²) in [7, 11) is 4.75. The lowest BCUT2D eigenvalue weighted by Gasteiger charge is -2.15. The number of methoxy groups -OCH3 is 2. The maximum atomic E-state index is 12.6. The summed E-state index contributed by atoms with van der Waals surface area (Å²) in [5, 5.41) is 6.61. The molecule has 0 aromatic heterocycles. The molecule has 0 aliphatic rings. The van der Waals surface area contributed by atoms with Gasteiger partial charge >= 0.3 is 6.61 Å². The van der Waals surface area contributed by atoms with Crippen molar-refractivity contribution in [3.63, 3.8) is 0 Å². The SMILES string of the molecule is CN=C(NCc1ccc(OC)c(OC)c1)NCc1cc(Cl)ccc1OC(F)F.I. The summed E-state index contributed by atoms with van der Waals surface area (Å²) in [6.07, 6.45) is 0. The summed E-state index contributed by atoms with van der Waals surface area (Å²) in [5.41, 5.74) is 1.44. The molecule has 0 aliphatic heterocycles. The Labute approximate surface area is 190 Å². The fourth-order valence-electron chi connectivity index (χ4n) is 2.47. The minimum absolute atomic E-state index is 0. The summed E-state index contributed by atoms with van der Waals surface area (Å²) < 4.78 is 40.1. The summed E-state index contributed by atoms with van der Waals surface area (Å²) in [4.78, 5) is 4.12. The van der Waals surface area contributed by atoms with Crippen LogP contribution in [0.5, 0.6) is 17.2 Å². The lowest BCUT2D eigenvalue weighted by atomic mass is 10.2. The molecule has 0 spiro atoms. The Morgan fingerprint density at radius 3 is 2.28 bits per heavy atom. The van der Waals surface area contributed by atoms with E-state index < -0.39 is 6.61 Å². The van der Waals surface area contributed by atoms with Crippen molar-refractivity contribution in [2.45, 2.75) is 19.7 Å². The van der Waals surface area contributed by atoms with Crippen molar-refractivity contribution in [3.8, 4) is 17.2 Å². The van der Waals surface area contributed by atoms with Gasteiger partial charge in [-0.2, -0.15) is 8.78 Å². The van der Waals surface area contributed by atoms with E-state index in [2.05, 4.69) is 20.4 Å². The number of rotatable bonds is 8. The number of benzene rings is 2. The Balaban J connectivity index is 0.00000420. The molecule has 29 heavy (non-hydrogen) atoms. The van der Waals surface area contributed by atoms with E-state index in [-0.39, 0.29) is 36.3 Å². The van der Waals surface area contributed by atoms with Crippen LogP contribution in [0.1, 0.15) is 11.1 Å². The molecule has 0 unspecified atom stereocenters. The van der Waals surface area contributed by atoms with Crippen LogP contribution in [-0.2, 0) is 13.1 Å². The Hall–Kier alpha value is -2.01. The fraction of sp³-hybridized carbons (Fsp3) is 0.316. The number of halogens is 4. The van der Waals surface area contributed by atoms with Crippen molar-refractivity contribution in [1.82, 2.24) is 10.6 Å². The first-order valence-electron chi connectivity index (χ1n) is 8.35. The molecule has 0 aliphatic carbocycles. The quantitative estimate of drug-likeness (QED) is 0.294. The predicted octanol–water partition coefficient (Wildman–Crippen LogP) is 4.44. The highest BCUT2D eigenvalue weighted by molar-refractivity contribution is 14.0. The topological polar surface area (TPSA) is 64.1 Å². The highest BCUT2D eigenvalue weighted by Gasteiger charge is 2.11. The Kier molecular flexibility index (Phi) is 10.8. The molecule has 160 valence electrons. The number of guanidine groups is 1. The van der Waals surface area contributed by atoms with Gasteiger partial charge < -0.3 is 24.8 Å². The lowest BCUT2D eigenvalue weighted by molar-refractivity contribution is -0.0504. The molecule has 2 aromatic carbocycles. The second-order valence-corrected chi connectivity index (χ2v) is 6.04. The third-order valence-corrected chi connectivity index (χ3v) is 4.05. The molecule has 10 heteroatoms. The molecule has 0 bridgehead atoms. The van der Waals surface area contributed by atoms with Crippen molar-refractivity contribution >= 4 is 41.5 Å². The molecule has 0 saturated heterocycles. The molecular weight excluding hydrogens is 519 g/mol. The van der Waals surface area contributed by atoms with Gasteiger partial charge in [0.05, 0.1) is 14.2 Å². The minimum atomic E-state index is -2.91. The standard InChI is InChI=1S/C19H22ClF2N3O3.HI/c1-23-19(24-10-12-4-6-16(26-2)17(8-12)27-3)25-11-13-9-14(20)5-7-15(13)28-18(21)22;/h4-9,18H,10-11H2,1-3H3,(H2,23,24,25);1H. The van der Waals surface area contributed by atoms with E-state index in [9.17, 15) is 8.78 Å². The number of hydrogen-bond acceptors (Lipinski definition) is 4. The van der Waals surface area contributed by atoms with Gasteiger partial charge in [-0.3, -0.25) is 4.99 Å². The minimum Gasteiger partial charge on any atom is -0.493 e. The van der Waals surface area contributed by atoms with Gasteiger partial charge in [-0.25, -0.2) is 0 Å². The molecule has 2 rings (SSSR count). The van der Waals surface area contributed by atoms with Crippen LogP contribution in [0, 0.1) is 0 Å². The largest absolute Gasteiger partial charge is 0.493 e. The van der Waals surface area contributed by atoms with Gasteiger partial charge in [-0.1, -0.05) is 17.7 Å². The zero-order valence-corrected chi connectivity index (χ0v) is 19.3. The first-order valence-corrected chi connectivity index (χ1v) is 8.73. The van der Waals surface area contributed by atoms with Crippen molar-refractivity contribution in [2.75, 3.05) is 21.3 Å². The Morgan fingerprint density at radius 1 is 1.00 bits per heavy atom. The summed E-state index contributed by atoms with van der Waals surface area (Å²) in [6, 6.07) is 10.0. The van der Waals surface area contributed by atoms with Gasteiger partial charge in [-0.15, -0.1) is 24.0 Å². The van der Waals surface area contributed by atoms with Gasteiger partial charge in [0, 0.05) is 30.7 Å². The first kappa shape index (κ1) is 25.0. The number of ether oxygens (including phenoxy) is 3. The molecule has 2 N–H and O–H groups in total. The summed E-state index contributed by atoms with van der Waals surface area (Å²) in [5.74, 6) is 1.80. The molecular formula is C19H23ClF2IN3O3. The maximum absolute atomic E-state index is 12.6. The Bertz CT molecular complexity index is 825. The number of nitrogens with zero attached hydrogens (tertiary/aromatic N) is 1. The zero-order valence-electron chi connectivity index (χ0n) is 16.2. The normalized spacial score (nSPS) is 10.9. The number of hydrogen-bond donors (Lipinski definition) is 2. The molecule has 2 aromatic rings. The smallest absolute Gasteiger partial charge is 0.387 e. The van der Waals surface area contributed by atoms with E-state index in [0.717, 1.165) is 5.56 Å². The molecule has 0 atom stereocenters. The van der Waals surface area contributed by atoms with Crippen molar-refractivity contribution in [1.29, 1.82) is 0 Å². The van der Waals surface area contributed by atoms with Crippen LogP contribution in [-0.4, -0.2) is 33.8 Å². The highest BCUT2D eigenvalue weighted by Crippen LogP contribution is 2.27. The third kappa shape index (κ3) is 7.73. The van der Waals surface area contributed by atoms with Crippen LogP contribution in [0.15, 0.2) is 41.4 Å². The third-order valence-electron chi connectivity index (χ3n) is 3.82. The predicted molar refractivity (Wildman–Crippen MR) is 120 cm³/mol. The Morgan fingerprint density at radius 2 is 1.66 bits per heavy atom. The summed E-state index contributed by atoms with van der Waals surface area (Å²) >= 11 is 5.96. The molecule has 0 heterocycles. The van der Waals surface area contributed by atoms with Gasteiger partial charge in [0.1, 0.15) is 5.75 Å². The van der Waals surface area contributed by atoms with E-state index >= 15 is 0 Å². The highest BCUT2D eigenvalue weighted by atomic mass is 127. The van der Waals surface area contributed by atoms with Gasteiger partial charge in [0.25, 0.3) is 0 Å². The molecule has 6 nitrogen and oxygen atoms in total. The number of nitrogens with one attached hydrogen (secondary N) is 2. The van der Waals surface area contributed by atoms with Gasteiger partial charge in [-0.05, 0) is 35.9 Å². The van der Waals surface area contributed by atoms with Crippen molar-refractivity contribution < 1.29 is 23.0 Å². The van der Waals surface area contributed by atoms with E-state index in [1.165, 1.54) is 12.1 Å². The van der Waals surface area contributed by atoms with Crippen LogP contribution in [0.25, 0.3) is 0 Å². The van der Waals surface area contributed by atoms with Crippen molar-refractivity contribution in [2.24, 2.45) is 4.99 Å². The second kappa shape index (κ2) is 12.5. The maximum Gasteiger partial charge on any atom is 0.387 e. The zero-order chi connectivity index (χ0) is 20.5. The fourth-order valence-corrected chi connectivity index (χ4v) is 2.67. The number of aliphatic imine (C=N–C) groups is 1. The van der Waals surface area contributed by atoms with E-state index in [1.807, 2.05) is 18.2 Å². The van der Waals surface area contributed by atoms with E-state index in [4.69, 9.17) is 21.1 Å². The van der Waals surface area contributed by atoms with E-state index in [1.54, 1.807) is 27.3 Å². The van der Waals surface area contributed by atoms with Crippen molar-refractivity contribution in [3.05, 3.63) is 52.5 Å². The second-order valence-electron chi connectivity index (χ2n) is 5.60. The average molecular weight is 542 g/mol. The summed E-state index contributed by atoms with van der Waals surface area (Å²) in [6.45, 7) is -2.24. The van der Waals surface area contributed by atoms with Crippen LogP contribution in [0.3, 0.4) is 0 Å². The van der Waals surface area contributed by atoms with Gasteiger partial charge in [0.15, 0.2) is 17.5 Å².